The lowest BCUT2D eigenvalue weighted by atomic mass is 9.83. The molecule has 1 saturated heterocycles. The number of hydrogen-bond donors (Lipinski definition) is 2. The average Bonchev–Trinajstić information content (AvgIpc) is 2.90. The molecule has 210 valence electrons. The highest BCUT2D eigenvalue weighted by atomic mass is 19.1. The van der Waals surface area contributed by atoms with Crippen LogP contribution < -0.4 is 10.6 Å². The van der Waals surface area contributed by atoms with E-state index in [2.05, 4.69) is 37.5 Å². The molecule has 2 N–H and O–H groups in total. The molecule has 6 heteroatoms. The van der Waals surface area contributed by atoms with E-state index in [9.17, 15) is 14.0 Å². The minimum absolute atomic E-state index is 0.0514. The smallest absolute Gasteiger partial charge is 0.257 e. The molecule has 1 heterocycles. The number of piperidine rings is 1. The van der Waals surface area contributed by atoms with Crippen molar-refractivity contribution in [2.75, 3.05) is 17.2 Å². The third kappa shape index (κ3) is 5.91. The summed E-state index contributed by atoms with van der Waals surface area (Å²) < 4.78 is 14.9. The van der Waals surface area contributed by atoms with E-state index in [1.165, 1.54) is 25.3 Å². The first-order valence-electron chi connectivity index (χ1n) is 14.5. The van der Waals surface area contributed by atoms with Crippen molar-refractivity contribution in [3.8, 4) is 0 Å². The molecular formula is C34H40FN3O2. The van der Waals surface area contributed by atoms with E-state index in [1.54, 1.807) is 24.0 Å². The third-order valence-electron chi connectivity index (χ3n) is 8.39. The molecule has 2 fully saturated rings. The Kier molecular flexibility index (Phi) is 7.97. The molecule has 0 aromatic heterocycles. The molecule has 0 spiro atoms. The Hall–Kier alpha value is -3.67. The molecule has 2 atom stereocenters. The minimum atomic E-state index is -0.533. The summed E-state index contributed by atoms with van der Waals surface area (Å²) in [6.07, 6.45) is 4.90. The van der Waals surface area contributed by atoms with Crippen LogP contribution in [0.2, 0.25) is 0 Å². The number of aryl methyl sites for hydroxylation is 1. The van der Waals surface area contributed by atoms with E-state index in [4.69, 9.17) is 0 Å². The number of nitrogens with one attached hydrogen (secondary N) is 2. The van der Waals surface area contributed by atoms with Crippen molar-refractivity contribution >= 4 is 23.2 Å². The number of rotatable bonds is 6. The molecule has 40 heavy (non-hydrogen) atoms. The fraction of sp³-hybridized carbons (Fsp3) is 0.412. The maximum absolute atomic E-state index is 14.9. The van der Waals surface area contributed by atoms with Crippen LogP contribution in [0.3, 0.4) is 0 Å². The molecule has 2 amide bonds. The van der Waals surface area contributed by atoms with Gasteiger partial charge in [-0.1, -0.05) is 57.2 Å². The number of carbonyl (C=O) groups excluding carboxylic acids is 2. The Morgan fingerprint density at radius 1 is 0.900 bits per heavy atom. The normalized spacial score (nSPS) is 19.6. The van der Waals surface area contributed by atoms with Gasteiger partial charge in [0, 0.05) is 24.0 Å². The Bertz CT molecular complexity index is 1350. The molecule has 0 radical (unpaired) electrons. The SMILES string of the molecule is Cc1cccc(F)c1C(=O)N1CCCC(C(=O)Nc2cccc(C(C)(C)C)c2)[C@@H]1c1ccc(NC2CCC2)cc1. The zero-order valence-corrected chi connectivity index (χ0v) is 24.0. The number of anilines is 2. The van der Waals surface area contributed by atoms with Crippen LogP contribution in [0.15, 0.2) is 66.7 Å². The number of likely N-dealkylation sites (tertiary alicyclic amines) is 1. The van der Waals surface area contributed by atoms with E-state index in [1.807, 2.05) is 42.5 Å². The van der Waals surface area contributed by atoms with E-state index in [-0.39, 0.29) is 22.8 Å². The van der Waals surface area contributed by atoms with E-state index < -0.39 is 17.8 Å². The van der Waals surface area contributed by atoms with Gasteiger partial charge in [-0.3, -0.25) is 9.59 Å². The lowest BCUT2D eigenvalue weighted by Gasteiger charge is -2.41. The Labute approximate surface area is 237 Å². The second-order valence-electron chi connectivity index (χ2n) is 12.3. The molecule has 1 unspecified atom stereocenters. The predicted molar refractivity (Wildman–Crippen MR) is 159 cm³/mol. The van der Waals surface area contributed by atoms with Gasteiger partial charge in [0.05, 0.1) is 17.5 Å². The number of amides is 2. The van der Waals surface area contributed by atoms with Crippen molar-refractivity contribution in [1.82, 2.24) is 4.90 Å². The van der Waals surface area contributed by atoms with Gasteiger partial charge in [0.2, 0.25) is 5.91 Å². The topological polar surface area (TPSA) is 61.4 Å². The lowest BCUT2D eigenvalue weighted by molar-refractivity contribution is -0.123. The summed E-state index contributed by atoms with van der Waals surface area (Å²) in [7, 11) is 0. The Balaban J connectivity index is 1.47. The first kappa shape index (κ1) is 27.9. The van der Waals surface area contributed by atoms with Gasteiger partial charge in [0.1, 0.15) is 5.82 Å². The number of hydrogen-bond acceptors (Lipinski definition) is 3. The van der Waals surface area contributed by atoms with Crippen LogP contribution in [-0.4, -0.2) is 29.3 Å². The predicted octanol–water partition coefficient (Wildman–Crippen LogP) is 7.63. The van der Waals surface area contributed by atoms with Crippen LogP contribution in [0.25, 0.3) is 0 Å². The molecule has 1 saturated carbocycles. The monoisotopic (exact) mass is 541 g/mol. The van der Waals surface area contributed by atoms with Gasteiger partial charge in [-0.25, -0.2) is 4.39 Å². The summed E-state index contributed by atoms with van der Waals surface area (Å²) in [6.45, 7) is 8.64. The number of nitrogens with zero attached hydrogens (tertiary/aromatic N) is 1. The van der Waals surface area contributed by atoms with Crippen LogP contribution >= 0.6 is 0 Å². The van der Waals surface area contributed by atoms with Crippen LogP contribution in [0, 0.1) is 18.7 Å². The summed E-state index contributed by atoms with van der Waals surface area (Å²) in [6, 6.07) is 20.7. The molecule has 3 aromatic carbocycles. The van der Waals surface area contributed by atoms with Gasteiger partial charge < -0.3 is 15.5 Å². The van der Waals surface area contributed by atoms with Gasteiger partial charge in [-0.2, -0.15) is 0 Å². The second kappa shape index (κ2) is 11.4. The average molecular weight is 542 g/mol. The first-order valence-corrected chi connectivity index (χ1v) is 14.5. The molecule has 1 aliphatic heterocycles. The number of benzene rings is 3. The highest BCUT2D eigenvalue weighted by Crippen LogP contribution is 2.39. The molecule has 0 bridgehead atoms. The van der Waals surface area contributed by atoms with E-state index in [0.29, 0.717) is 31.0 Å². The van der Waals surface area contributed by atoms with Crippen molar-refractivity contribution < 1.29 is 14.0 Å². The van der Waals surface area contributed by atoms with Crippen LogP contribution in [-0.2, 0) is 10.2 Å². The fourth-order valence-electron chi connectivity index (χ4n) is 5.82. The largest absolute Gasteiger partial charge is 0.382 e. The van der Waals surface area contributed by atoms with Gasteiger partial charge in [-0.05, 0) is 91.5 Å². The fourth-order valence-corrected chi connectivity index (χ4v) is 5.82. The van der Waals surface area contributed by atoms with Crippen LogP contribution in [0.1, 0.15) is 86.0 Å². The van der Waals surface area contributed by atoms with Gasteiger partial charge in [-0.15, -0.1) is 0 Å². The molecular weight excluding hydrogens is 501 g/mol. The molecule has 3 aromatic rings. The zero-order chi connectivity index (χ0) is 28.4. The standard InChI is InChI=1S/C34H40FN3O2/c1-22-9-5-15-29(35)30(22)33(40)38-20-8-14-28(32(39)37-27-13-6-10-24(21-27)34(2,3)4)31(38)23-16-18-26(19-17-23)36-25-11-7-12-25/h5-6,9-10,13,15-19,21,25,28,31,36H,7-8,11-12,14,20H2,1-4H3,(H,37,39)/t28?,31-/m0/s1. The van der Waals surface area contributed by atoms with Crippen LogP contribution in [0.4, 0.5) is 15.8 Å². The highest BCUT2D eigenvalue weighted by molar-refractivity contribution is 5.98. The Morgan fingerprint density at radius 3 is 2.27 bits per heavy atom. The van der Waals surface area contributed by atoms with Crippen molar-refractivity contribution in [2.24, 2.45) is 5.92 Å². The Morgan fingerprint density at radius 2 is 1.62 bits per heavy atom. The van der Waals surface area contributed by atoms with Crippen LogP contribution in [0.5, 0.6) is 0 Å². The van der Waals surface area contributed by atoms with Crippen molar-refractivity contribution in [1.29, 1.82) is 0 Å². The van der Waals surface area contributed by atoms with Crippen molar-refractivity contribution in [3.05, 3.63) is 94.8 Å². The van der Waals surface area contributed by atoms with Gasteiger partial charge >= 0.3 is 0 Å². The quantitative estimate of drug-likeness (QED) is 0.337. The lowest BCUT2D eigenvalue weighted by Crippen LogP contribution is -2.46. The molecule has 1 aliphatic carbocycles. The summed E-state index contributed by atoms with van der Waals surface area (Å²) in [5, 5.41) is 6.69. The third-order valence-corrected chi connectivity index (χ3v) is 8.39. The first-order chi connectivity index (χ1) is 19.1. The van der Waals surface area contributed by atoms with E-state index in [0.717, 1.165) is 22.5 Å². The van der Waals surface area contributed by atoms with Gasteiger partial charge in [0.15, 0.2) is 0 Å². The maximum Gasteiger partial charge on any atom is 0.257 e. The number of carbonyl (C=O) groups is 2. The van der Waals surface area contributed by atoms with Crippen molar-refractivity contribution in [3.63, 3.8) is 0 Å². The summed E-state index contributed by atoms with van der Waals surface area (Å²) in [5.41, 5.74) is 4.40. The summed E-state index contributed by atoms with van der Waals surface area (Å²) in [4.78, 5) is 29.5. The number of halogens is 1. The van der Waals surface area contributed by atoms with E-state index >= 15 is 0 Å². The zero-order valence-electron chi connectivity index (χ0n) is 24.0. The molecule has 5 nitrogen and oxygen atoms in total. The minimum Gasteiger partial charge on any atom is -0.382 e. The van der Waals surface area contributed by atoms with Gasteiger partial charge in [0.25, 0.3) is 5.91 Å². The maximum atomic E-state index is 14.9. The summed E-state index contributed by atoms with van der Waals surface area (Å²) >= 11 is 0. The summed E-state index contributed by atoms with van der Waals surface area (Å²) in [5.74, 6) is -1.51. The van der Waals surface area contributed by atoms with Crippen molar-refractivity contribution in [2.45, 2.75) is 77.3 Å². The highest BCUT2D eigenvalue weighted by Gasteiger charge is 2.40. The molecule has 5 rings (SSSR count). The molecule has 2 aliphatic rings. The second-order valence-corrected chi connectivity index (χ2v) is 12.3.